The Morgan fingerprint density at radius 2 is 1.92 bits per heavy atom. The topological polar surface area (TPSA) is 114 Å². The van der Waals surface area contributed by atoms with Crippen molar-refractivity contribution in [3.05, 3.63) is 76.3 Å². The molecule has 11 heteroatoms. The lowest BCUT2D eigenvalue weighted by molar-refractivity contribution is -0.120. The van der Waals surface area contributed by atoms with Gasteiger partial charge in [-0.25, -0.2) is 19.3 Å². The van der Waals surface area contributed by atoms with Gasteiger partial charge in [0.25, 0.3) is 0 Å². The number of benzene rings is 1. The second-order valence-corrected chi connectivity index (χ2v) is 10.7. The SMILES string of the molecule is Nc1nccn2c1c(-c1cc3ccccc3[nH]1)nc2[C@H]1CC[C@@H](CNC(=O)Cc2cc(F)c(Cl)nc2Cl)CC1. The van der Waals surface area contributed by atoms with Crippen LogP contribution in [0.3, 0.4) is 0 Å². The molecule has 1 aliphatic rings. The largest absolute Gasteiger partial charge is 0.382 e. The van der Waals surface area contributed by atoms with Gasteiger partial charge in [-0.3, -0.25) is 9.20 Å². The molecule has 6 rings (SSSR count). The van der Waals surface area contributed by atoms with Crippen LogP contribution in [0.15, 0.2) is 48.8 Å². The third-order valence-corrected chi connectivity index (χ3v) is 8.10. The molecule has 1 aromatic carbocycles. The van der Waals surface area contributed by atoms with E-state index in [4.69, 9.17) is 33.9 Å². The number of nitrogen functional groups attached to an aromatic ring is 1. The van der Waals surface area contributed by atoms with Crippen molar-refractivity contribution in [3.8, 4) is 11.4 Å². The molecule has 0 saturated heterocycles. The highest BCUT2D eigenvalue weighted by molar-refractivity contribution is 6.33. The first-order valence-corrected chi connectivity index (χ1v) is 13.6. The van der Waals surface area contributed by atoms with E-state index in [2.05, 4.69) is 36.8 Å². The number of aromatic nitrogens is 5. The van der Waals surface area contributed by atoms with Crippen molar-refractivity contribution >= 4 is 51.3 Å². The Labute approximate surface area is 233 Å². The van der Waals surface area contributed by atoms with Crippen molar-refractivity contribution in [1.82, 2.24) is 29.7 Å². The van der Waals surface area contributed by atoms with E-state index < -0.39 is 5.82 Å². The second-order valence-electron chi connectivity index (χ2n) is 10.0. The van der Waals surface area contributed by atoms with E-state index in [0.717, 1.165) is 65.4 Å². The summed E-state index contributed by atoms with van der Waals surface area (Å²) in [6, 6.07) is 11.4. The zero-order valence-electron chi connectivity index (χ0n) is 20.9. The van der Waals surface area contributed by atoms with Gasteiger partial charge in [-0.1, -0.05) is 41.4 Å². The fraction of sp³-hybridized carbons (Fsp3) is 0.286. The summed E-state index contributed by atoms with van der Waals surface area (Å²) in [7, 11) is 0. The Morgan fingerprint density at radius 1 is 1.13 bits per heavy atom. The predicted octanol–water partition coefficient (Wildman–Crippen LogP) is 5.93. The van der Waals surface area contributed by atoms with Crippen LogP contribution in [0.25, 0.3) is 27.8 Å². The van der Waals surface area contributed by atoms with Crippen LogP contribution in [-0.4, -0.2) is 36.8 Å². The number of hydrogen-bond donors (Lipinski definition) is 3. The number of hydrogen-bond acceptors (Lipinski definition) is 5. The average molecular weight is 566 g/mol. The third-order valence-electron chi connectivity index (χ3n) is 7.51. The molecule has 5 aromatic rings. The fourth-order valence-corrected chi connectivity index (χ4v) is 5.88. The van der Waals surface area contributed by atoms with Crippen molar-refractivity contribution in [2.75, 3.05) is 12.3 Å². The summed E-state index contributed by atoms with van der Waals surface area (Å²) in [6.45, 7) is 0.548. The normalized spacial score (nSPS) is 17.6. The Bertz CT molecular complexity index is 1660. The maximum absolute atomic E-state index is 13.7. The van der Waals surface area contributed by atoms with Gasteiger partial charge in [-0.05, 0) is 49.8 Å². The highest BCUT2D eigenvalue weighted by atomic mass is 35.5. The summed E-state index contributed by atoms with van der Waals surface area (Å²) in [5.41, 5.74) is 10.2. The molecule has 0 spiro atoms. The molecular formula is C28H26Cl2FN7O. The maximum atomic E-state index is 13.7. The number of imidazole rings is 1. The third kappa shape index (κ3) is 5.04. The molecule has 1 saturated carbocycles. The first-order chi connectivity index (χ1) is 18.9. The van der Waals surface area contributed by atoms with Gasteiger partial charge in [0, 0.05) is 41.3 Å². The van der Waals surface area contributed by atoms with Crippen LogP contribution < -0.4 is 11.1 Å². The Morgan fingerprint density at radius 3 is 2.72 bits per heavy atom. The van der Waals surface area contributed by atoms with Crippen molar-refractivity contribution in [2.24, 2.45) is 5.92 Å². The summed E-state index contributed by atoms with van der Waals surface area (Å²) in [5.74, 6) is 1.09. The fourth-order valence-electron chi connectivity index (χ4n) is 5.49. The van der Waals surface area contributed by atoms with Gasteiger partial charge in [-0.2, -0.15) is 0 Å². The molecular weight excluding hydrogens is 540 g/mol. The van der Waals surface area contributed by atoms with E-state index >= 15 is 0 Å². The number of halogens is 3. The Balaban J connectivity index is 1.14. The summed E-state index contributed by atoms with van der Waals surface area (Å²) in [5, 5.41) is 3.80. The molecule has 0 radical (unpaired) electrons. The van der Waals surface area contributed by atoms with E-state index in [0.29, 0.717) is 23.8 Å². The number of nitrogens with zero attached hydrogens (tertiary/aromatic N) is 4. The number of pyridine rings is 1. The molecule has 4 N–H and O–H groups in total. The lowest BCUT2D eigenvalue weighted by atomic mass is 9.81. The number of anilines is 1. The summed E-state index contributed by atoms with van der Waals surface area (Å²) in [6.07, 6.45) is 7.34. The molecule has 4 aromatic heterocycles. The van der Waals surface area contributed by atoms with Crippen molar-refractivity contribution in [2.45, 2.75) is 38.0 Å². The lowest BCUT2D eigenvalue weighted by Crippen LogP contribution is -2.32. The number of H-pyrrole nitrogens is 1. The smallest absolute Gasteiger partial charge is 0.224 e. The predicted molar refractivity (Wildman–Crippen MR) is 150 cm³/mol. The van der Waals surface area contributed by atoms with Crippen LogP contribution in [-0.2, 0) is 11.2 Å². The van der Waals surface area contributed by atoms with E-state index in [1.165, 1.54) is 0 Å². The van der Waals surface area contributed by atoms with Gasteiger partial charge in [0.1, 0.15) is 28.0 Å². The number of rotatable bonds is 6. The Hall–Kier alpha value is -3.69. The average Bonchev–Trinajstić information content (AvgIpc) is 3.53. The van der Waals surface area contributed by atoms with Gasteiger partial charge >= 0.3 is 0 Å². The first-order valence-electron chi connectivity index (χ1n) is 12.8. The number of nitrogens with two attached hydrogens (primary N) is 1. The number of aromatic amines is 1. The van der Waals surface area contributed by atoms with Crippen LogP contribution in [0.1, 0.15) is 43.0 Å². The first kappa shape index (κ1) is 25.6. The standard InChI is InChI=1S/C28H26Cl2FN7O/c29-25-18(11-19(31)26(30)37-25)13-22(39)34-14-15-5-7-16(8-6-15)28-36-23(24-27(32)33-9-10-38(24)28)21-12-17-3-1-2-4-20(17)35-21/h1-4,9-12,15-16,35H,5-8,13-14H2,(H2,32,33)(H,34,39)/t15-,16+. The molecule has 39 heavy (non-hydrogen) atoms. The minimum atomic E-state index is -0.695. The maximum Gasteiger partial charge on any atom is 0.224 e. The molecule has 0 aliphatic heterocycles. The van der Waals surface area contributed by atoms with Gasteiger partial charge in [0.15, 0.2) is 11.0 Å². The number of fused-ring (bicyclic) bond motifs is 2. The zero-order chi connectivity index (χ0) is 27.1. The molecule has 1 aliphatic carbocycles. The minimum absolute atomic E-state index is 0.0339. The van der Waals surface area contributed by atoms with Gasteiger partial charge in [0.05, 0.1) is 12.1 Å². The van der Waals surface area contributed by atoms with Gasteiger partial charge < -0.3 is 16.0 Å². The van der Waals surface area contributed by atoms with Crippen LogP contribution in [0, 0.1) is 11.7 Å². The minimum Gasteiger partial charge on any atom is -0.382 e. The van der Waals surface area contributed by atoms with Gasteiger partial charge in [-0.15, -0.1) is 0 Å². The van der Waals surface area contributed by atoms with E-state index in [9.17, 15) is 9.18 Å². The molecule has 8 nitrogen and oxygen atoms in total. The number of para-hydroxylation sites is 1. The quantitative estimate of drug-likeness (QED) is 0.221. The second kappa shape index (κ2) is 10.5. The van der Waals surface area contributed by atoms with Crippen molar-refractivity contribution in [3.63, 3.8) is 0 Å². The Kier molecular flexibility index (Phi) is 6.86. The van der Waals surface area contributed by atoms with Crippen molar-refractivity contribution < 1.29 is 9.18 Å². The van der Waals surface area contributed by atoms with Crippen LogP contribution in [0.2, 0.25) is 10.3 Å². The number of nitrogens with one attached hydrogen (secondary N) is 2. The monoisotopic (exact) mass is 565 g/mol. The molecule has 200 valence electrons. The van der Waals surface area contributed by atoms with E-state index in [-0.39, 0.29) is 28.6 Å². The van der Waals surface area contributed by atoms with Crippen LogP contribution >= 0.6 is 23.2 Å². The lowest BCUT2D eigenvalue weighted by Gasteiger charge is -2.28. The van der Waals surface area contributed by atoms with E-state index in [1.807, 2.05) is 24.4 Å². The molecule has 4 heterocycles. The molecule has 0 unspecified atom stereocenters. The van der Waals surface area contributed by atoms with Crippen LogP contribution in [0.5, 0.6) is 0 Å². The van der Waals surface area contributed by atoms with Crippen molar-refractivity contribution in [1.29, 1.82) is 0 Å². The highest BCUT2D eigenvalue weighted by Crippen LogP contribution is 2.38. The van der Waals surface area contributed by atoms with Gasteiger partial charge in [0.2, 0.25) is 5.91 Å². The van der Waals surface area contributed by atoms with Crippen LogP contribution in [0.4, 0.5) is 10.2 Å². The zero-order valence-corrected chi connectivity index (χ0v) is 22.4. The summed E-state index contributed by atoms with van der Waals surface area (Å²) < 4.78 is 15.8. The summed E-state index contributed by atoms with van der Waals surface area (Å²) in [4.78, 5) is 29.1. The summed E-state index contributed by atoms with van der Waals surface area (Å²) >= 11 is 11.7. The number of amides is 1. The molecule has 0 atom stereocenters. The van der Waals surface area contributed by atoms with E-state index in [1.54, 1.807) is 6.20 Å². The number of carbonyl (C=O) groups excluding carboxylic acids is 1. The highest BCUT2D eigenvalue weighted by Gasteiger charge is 2.28. The molecule has 1 fully saturated rings. The number of carbonyl (C=O) groups is 1. The molecule has 0 bridgehead atoms. The molecule has 1 amide bonds.